The lowest BCUT2D eigenvalue weighted by Crippen LogP contribution is -2.10. The Morgan fingerprint density at radius 1 is 1.56 bits per heavy atom. The van der Waals surface area contributed by atoms with Crippen molar-refractivity contribution in [2.75, 3.05) is 0 Å². The summed E-state index contributed by atoms with van der Waals surface area (Å²) in [4.78, 5) is 0. The molecule has 0 saturated heterocycles. The third-order valence-electron chi connectivity index (χ3n) is 0.615. The van der Waals surface area contributed by atoms with Crippen LogP contribution in [0.4, 0.5) is 12.9 Å². The third-order valence-corrected chi connectivity index (χ3v) is 0.615. The van der Waals surface area contributed by atoms with Gasteiger partial charge in [-0.1, -0.05) is 0 Å². The van der Waals surface area contributed by atoms with Crippen LogP contribution < -0.4 is 0 Å². The molecule has 0 spiro atoms. The molecule has 0 saturated carbocycles. The van der Waals surface area contributed by atoms with E-state index in [1.54, 1.807) is 0 Å². The second kappa shape index (κ2) is 2.58. The summed E-state index contributed by atoms with van der Waals surface area (Å²) >= 11 is 0. The van der Waals surface area contributed by atoms with Crippen molar-refractivity contribution < 1.29 is 12.9 Å². The van der Waals surface area contributed by atoms with Gasteiger partial charge in [0.15, 0.2) is 0 Å². The van der Waals surface area contributed by atoms with Crippen LogP contribution in [0.25, 0.3) is 0 Å². The Labute approximate surface area is 50.8 Å². The largest absolute Gasteiger partial charge is 0.503 e. The van der Waals surface area contributed by atoms with E-state index in [1.165, 1.54) is 6.07 Å². The molecule has 0 unspecified atom stereocenters. The Kier molecular flexibility index (Phi) is 2.32. The molecule has 0 aromatic carbocycles. The number of rotatable bonds is 1. The van der Waals surface area contributed by atoms with Crippen LogP contribution >= 0.6 is 0 Å². The van der Waals surface area contributed by atoms with E-state index in [0.29, 0.717) is 0 Å². The zero-order valence-electron chi connectivity index (χ0n) is 4.74. The Bertz CT molecular complexity index is 164. The van der Waals surface area contributed by atoms with Crippen LogP contribution in [0.5, 0.6) is 0 Å². The minimum absolute atomic E-state index is 0.0278. The van der Waals surface area contributed by atoms with Gasteiger partial charge in [-0.15, -0.1) is 5.98 Å². The smallest absolute Gasteiger partial charge is 0.445 e. The molecule has 0 aromatic rings. The van der Waals surface area contributed by atoms with Crippen molar-refractivity contribution in [1.82, 2.24) is 0 Å². The molecule has 9 heavy (non-hydrogen) atoms. The molecule has 50 valence electrons. The van der Waals surface area contributed by atoms with Crippen LogP contribution in [-0.4, -0.2) is 6.98 Å². The normalized spacial score (nSPS) is 13.0. The lowest BCUT2D eigenvalue weighted by Gasteiger charge is -2.05. The molecule has 0 atom stereocenters. The molecule has 0 radical (unpaired) electrons. The van der Waals surface area contributed by atoms with E-state index in [0.717, 1.165) is 6.92 Å². The summed E-state index contributed by atoms with van der Waals surface area (Å²) in [7, 11) is 0. The SMILES string of the molecule is C/C(C#N)=C\[B-](F)(F)F. The monoisotopic (exact) mass is 134 g/mol. The summed E-state index contributed by atoms with van der Waals surface area (Å²) in [6, 6.07) is 1.38. The lowest BCUT2D eigenvalue weighted by molar-refractivity contribution is 0.498. The van der Waals surface area contributed by atoms with E-state index >= 15 is 0 Å². The molecule has 0 rings (SSSR count). The average molecular weight is 134 g/mol. The van der Waals surface area contributed by atoms with Gasteiger partial charge in [0.1, 0.15) is 0 Å². The van der Waals surface area contributed by atoms with E-state index in [4.69, 9.17) is 5.26 Å². The van der Waals surface area contributed by atoms with Gasteiger partial charge in [0.25, 0.3) is 0 Å². The Hall–Kier alpha value is -0.915. The molecule has 0 heterocycles. The fraction of sp³-hybridized carbons (Fsp3) is 0.250. The van der Waals surface area contributed by atoms with Crippen LogP contribution in [0.3, 0.4) is 0 Å². The molecule has 0 aliphatic heterocycles. The molecule has 0 aliphatic rings. The molecule has 0 bridgehead atoms. The number of hydrogen-bond acceptors (Lipinski definition) is 1. The second-order valence-corrected chi connectivity index (χ2v) is 1.59. The van der Waals surface area contributed by atoms with Crippen molar-refractivity contribution in [1.29, 1.82) is 5.26 Å². The van der Waals surface area contributed by atoms with Crippen molar-refractivity contribution in [2.24, 2.45) is 0 Å². The Balaban J connectivity index is 4.17. The first-order chi connectivity index (χ1) is 3.95. The van der Waals surface area contributed by atoms with Crippen LogP contribution in [0.15, 0.2) is 11.5 Å². The zero-order chi connectivity index (χ0) is 7.49. The summed E-state index contributed by atoms with van der Waals surface area (Å²) < 4.78 is 34.0. The molecule has 0 amide bonds. The molecule has 1 nitrogen and oxygen atoms in total. The fourth-order valence-electron chi connectivity index (χ4n) is 0.321. The lowest BCUT2D eigenvalue weighted by atomic mass is 9.89. The Morgan fingerprint density at radius 2 is 2.00 bits per heavy atom. The summed E-state index contributed by atoms with van der Waals surface area (Å²) in [5.74, 6) is 0.0278. The maximum atomic E-state index is 11.3. The summed E-state index contributed by atoms with van der Waals surface area (Å²) in [6.45, 7) is -3.81. The zero-order valence-corrected chi connectivity index (χ0v) is 4.74. The molecular formula is C4H4BF3N-. The van der Waals surface area contributed by atoms with Crippen molar-refractivity contribution >= 4 is 6.98 Å². The third kappa shape index (κ3) is 4.95. The van der Waals surface area contributed by atoms with Crippen molar-refractivity contribution in [2.45, 2.75) is 6.92 Å². The van der Waals surface area contributed by atoms with Crippen LogP contribution in [0.2, 0.25) is 0 Å². The van der Waals surface area contributed by atoms with Crippen LogP contribution in [0, 0.1) is 11.3 Å². The fourth-order valence-corrected chi connectivity index (χ4v) is 0.321. The van der Waals surface area contributed by atoms with Gasteiger partial charge in [0.05, 0.1) is 6.07 Å². The van der Waals surface area contributed by atoms with Crippen molar-refractivity contribution in [3.8, 4) is 6.07 Å². The highest BCUT2D eigenvalue weighted by atomic mass is 19.4. The van der Waals surface area contributed by atoms with E-state index in [2.05, 4.69) is 0 Å². The molecular weight excluding hydrogens is 130 g/mol. The highest BCUT2D eigenvalue weighted by molar-refractivity contribution is 6.64. The highest BCUT2D eigenvalue weighted by Crippen LogP contribution is 2.11. The van der Waals surface area contributed by atoms with Gasteiger partial charge in [0, 0.05) is 0 Å². The van der Waals surface area contributed by atoms with Gasteiger partial charge in [-0.25, -0.2) is 0 Å². The average Bonchev–Trinajstić information content (AvgIpc) is 1.62. The molecule has 0 N–H and O–H groups in total. The molecule has 0 aliphatic carbocycles. The van der Waals surface area contributed by atoms with Crippen LogP contribution in [0.1, 0.15) is 6.92 Å². The van der Waals surface area contributed by atoms with E-state index < -0.39 is 6.98 Å². The molecule has 5 heteroatoms. The van der Waals surface area contributed by atoms with Crippen molar-refractivity contribution in [3.63, 3.8) is 0 Å². The maximum Gasteiger partial charge on any atom is 0.503 e. The topological polar surface area (TPSA) is 23.8 Å². The minimum Gasteiger partial charge on any atom is -0.445 e. The number of halogens is 3. The Morgan fingerprint density at radius 3 is 2.11 bits per heavy atom. The first-order valence-corrected chi connectivity index (χ1v) is 2.25. The predicted molar refractivity (Wildman–Crippen MR) is 28.4 cm³/mol. The van der Waals surface area contributed by atoms with Gasteiger partial charge in [-0.05, 0) is 12.5 Å². The summed E-state index contributed by atoms with van der Waals surface area (Å²) in [5.41, 5.74) is -0.303. The van der Waals surface area contributed by atoms with E-state index in [1.807, 2.05) is 0 Å². The van der Waals surface area contributed by atoms with Crippen LogP contribution in [-0.2, 0) is 0 Å². The minimum atomic E-state index is -4.93. The van der Waals surface area contributed by atoms with Crippen molar-refractivity contribution in [3.05, 3.63) is 11.5 Å². The number of hydrogen-bond donors (Lipinski definition) is 0. The predicted octanol–water partition coefficient (Wildman–Crippen LogP) is 1.84. The summed E-state index contributed by atoms with van der Waals surface area (Å²) in [6.07, 6.45) is 0. The second-order valence-electron chi connectivity index (χ2n) is 1.59. The standard InChI is InChI=1S/C4H4BF3N/c1-4(3-9)2-5(6,7)8/h2H,1H3/q-1/b4-2+. The van der Waals surface area contributed by atoms with Gasteiger partial charge in [-0.3, -0.25) is 0 Å². The number of allylic oxidation sites excluding steroid dienone is 1. The number of nitrogens with zero attached hydrogens (tertiary/aromatic N) is 1. The van der Waals surface area contributed by atoms with E-state index in [-0.39, 0.29) is 11.5 Å². The van der Waals surface area contributed by atoms with Gasteiger partial charge >= 0.3 is 6.98 Å². The van der Waals surface area contributed by atoms with Gasteiger partial charge in [0.2, 0.25) is 0 Å². The maximum absolute atomic E-state index is 11.3. The first-order valence-electron chi connectivity index (χ1n) is 2.25. The molecule has 0 fully saturated rings. The highest BCUT2D eigenvalue weighted by Gasteiger charge is 2.18. The van der Waals surface area contributed by atoms with Gasteiger partial charge < -0.3 is 12.9 Å². The summed E-state index contributed by atoms with van der Waals surface area (Å²) in [5, 5.41) is 7.89. The quantitative estimate of drug-likeness (QED) is 0.396. The first kappa shape index (κ1) is 8.08. The molecule has 0 aromatic heterocycles. The number of nitriles is 1. The van der Waals surface area contributed by atoms with Gasteiger partial charge in [-0.2, -0.15) is 5.26 Å². The van der Waals surface area contributed by atoms with E-state index in [9.17, 15) is 12.9 Å².